The number of rotatable bonds is 14. The van der Waals surface area contributed by atoms with Crippen LogP contribution in [0.1, 0.15) is 76.8 Å². The molecule has 9 heteroatoms. The van der Waals surface area contributed by atoms with Crippen molar-refractivity contribution in [2.24, 2.45) is 0 Å². The molecule has 0 saturated heterocycles. The third-order valence-electron chi connectivity index (χ3n) is 7.21. The summed E-state index contributed by atoms with van der Waals surface area (Å²) in [5, 5.41) is 6.99. The molecule has 0 radical (unpaired) electrons. The minimum atomic E-state index is -0.583. The van der Waals surface area contributed by atoms with Crippen LogP contribution in [0.15, 0.2) is 36.4 Å². The SMILES string of the molecule is CC(=O)NCCN(CCCCc1ccc2c(n1)CCCC2)CC[C@H](Nc1nc2ccccc2s1)C(=O)OC(C)(C)C. The fraction of sp³-hybridized carbons (Fsp3) is 0.562. The van der Waals surface area contributed by atoms with E-state index in [0.717, 1.165) is 55.4 Å². The lowest BCUT2D eigenvalue weighted by Gasteiger charge is -2.27. The van der Waals surface area contributed by atoms with Crippen LogP contribution in [0.5, 0.6) is 0 Å². The van der Waals surface area contributed by atoms with E-state index >= 15 is 0 Å². The Morgan fingerprint density at radius 3 is 2.61 bits per heavy atom. The summed E-state index contributed by atoms with van der Waals surface area (Å²) in [7, 11) is 0. The molecular weight excluding hydrogens is 534 g/mol. The van der Waals surface area contributed by atoms with E-state index in [1.54, 1.807) is 0 Å². The smallest absolute Gasteiger partial charge is 0.329 e. The second kappa shape index (κ2) is 14.7. The first kappa shape index (κ1) is 30.9. The molecular formula is C32H45N5O3S. The van der Waals surface area contributed by atoms with Gasteiger partial charge in [-0.2, -0.15) is 0 Å². The number of esters is 1. The predicted molar refractivity (Wildman–Crippen MR) is 166 cm³/mol. The number of nitrogens with zero attached hydrogens (tertiary/aromatic N) is 3. The van der Waals surface area contributed by atoms with Gasteiger partial charge < -0.3 is 20.3 Å². The normalized spacial score (nSPS) is 14.1. The van der Waals surface area contributed by atoms with Crippen molar-refractivity contribution in [1.29, 1.82) is 0 Å². The molecule has 4 rings (SSSR count). The van der Waals surface area contributed by atoms with Crippen LogP contribution in [0.4, 0.5) is 5.13 Å². The Morgan fingerprint density at radius 2 is 1.83 bits per heavy atom. The maximum Gasteiger partial charge on any atom is 0.329 e. The number of amides is 1. The van der Waals surface area contributed by atoms with Crippen LogP contribution in [-0.4, -0.2) is 64.6 Å². The molecule has 0 bridgehead atoms. The molecule has 0 aliphatic heterocycles. The van der Waals surface area contributed by atoms with E-state index in [1.807, 2.05) is 45.0 Å². The molecule has 2 aromatic heterocycles. The largest absolute Gasteiger partial charge is 0.458 e. The number of hydrogen-bond acceptors (Lipinski definition) is 8. The lowest BCUT2D eigenvalue weighted by Crippen LogP contribution is -2.41. The summed E-state index contributed by atoms with van der Waals surface area (Å²) in [5.41, 5.74) is 4.22. The lowest BCUT2D eigenvalue weighted by atomic mass is 9.95. The number of aryl methyl sites for hydroxylation is 3. The van der Waals surface area contributed by atoms with Crippen molar-refractivity contribution in [3.63, 3.8) is 0 Å². The van der Waals surface area contributed by atoms with E-state index in [9.17, 15) is 9.59 Å². The zero-order valence-electron chi connectivity index (χ0n) is 25.0. The van der Waals surface area contributed by atoms with Gasteiger partial charge in [-0.05, 0) is 102 Å². The molecule has 41 heavy (non-hydrogen) atoms. The number of ether oxygens (including phenoxy) is 1. The number of carbonyl (C=O) groups is 2. The fourth-order valence-electron chi connectivity index (χ4n) is 5.15. The molecule has 3 aromatic rings. The van der Waals surface area contributed by atoms with Gasteiger partial charge in [0.25, 0.3) is 0 Å². The minimum absolute atomic E-state index is 0.0347. The van der Waals surface area contributed by atoms with Crippen LogP contribution >= 0.6 is 11.3 Å². The van der Waals surface area contributed by atoms with Crippen LogP contribution in [0.3, 0.4) is 0 Å². The first-order valence-electron chi connectivity index (χ1n) is 15.0. The van der Waals surface area contributed by atoms with E-state index in [-0.39, 0.29) is 11.9 Å². The van der Waals surface area contributed by atoms with E-state index in [0.29, 0.717) is 24.6 Å². The van der Waals surface area contributed by atoms with Crippen LogP contribution < -0.4 is 10.6 Å². The van der Waals surface area contributed by atoms with Gasteiger partial charge in [0.05, 0.1) is 10.2 Å². The minimum Gasteiger partial charge on any atom is -0.458 e. The molecule has 8 nitrogen and oxygen atoms in total. The predicted octanol–water partition coefficient (Wildman–Crippen LogP) is 5.54. The highest BCUT2D eigenvalue weighted by Crippen LogP contribution is 2.27. The van der Waals surface area contributed by atoms with E-state index in [1.165, 1.54) is 48.1 Å². The highest BCUT2D eigenvalue weighted by atomic mass is 32.1. The Kier molecular flexibility index (Phi) is 11.1. The number of hydrogen-bond donors (Lipinski definition) is 2. The zero-order valence-corrected chi connectivity index (χ0v) is 25.8. The summed E-state index contributed by atoms with van der Waals surface area (Å²) >= 11 is 1.54. The standard InChI is InChI=1S/C32H45N5O3S/c1-23(38)33-19-22-37(20-10-9-12-25-17-16-24-11-5-6-13-26(24)34-25)21-18-28(30(39)40-32(2,3)4)36-31-35-27-14-7-8-15-29(27)41-31/h7-8,14-17,28H,5-6,9-13,18-22H2,1-4H3,(H,33,38)(H,35,36)/t28-/m0/s1. The number of para-hydroxylation sites is 1. The maximum absolute atomic E-state index is 13.2. The third-order valence-corrected chi connectivity index (χ3v) is 8.18. The number of aromatic nitrogens is 2. The topological polar surface area (TPSA) is 96.5 Å². The first-order valence-corrected chi connectivity index (χ1v) is 15.8. The maximum atomic E-state index is 13.2. The average molecular weight is 580 g/mol. The Bertz CT molecular complexity index is 1270. The Labute approximate surface area is 248 Å². The Balaban J connectivity index is 1.36. The molecule has 2 heterocycles. The summed E-state index contributed by atoms with van der Waals surface area (Å²) < 4.78 is 6.84. The lowest BCUT2D eigenvalue weighted by molar-refractivity contribution is -0.156. The summed E-state index contributed by atoms with van der Waals surface area (Å²) in [5.74, 6) is -0.315. The first-order chi connectivity index (χ1) is 19.7. The summed E-state index contributed by atoms with van der Waals surface area (Å²) in [4.78, 5) is 36.7. The van der Waals surface area contributed by atoms with Crippen molar-refractivity contribution < 1.29 is 14.3 Å². The molecule has 2 N–H and O–H groups in total. The van der Waals surface area contributed by atoms with Crippen LogP contribution in [0.2, 0.25) is 0 Å². The quantitative estimate of drug-likeness (QED) is 0.191. The molecule has 1 atom stereocenters. The van der Waals surface area contributed by atoms with Crippen molar-refractivity contribution in [2.75, 3.05) is 31.5 Å². The molecule has 0 saturated carbocycles. The molecule has 1 amide bonds. The molecule has 1 aromatic carbocycles. The molecule has 1 aliphatic rings. The molecule has 1 aliphatic carbocycles. The van der Waals surface area contributed by atoms with Crippen LogP contribution in [0, 0.1) is 0 Å². The van der Waals surface area contributed by atoms with Crippen LogP contribution in [-0.2, 0) is 33.6 Å². The highest BCUT2D eigenvalue weighted by Gasteiger charge is 2.27. The number of nitrogens with one attached hydrogen (secondary N) is 2. The van der Waals surface area contributed by atoms with Gasteiger partial charge >= 0.3 is 5.97 Å². The average Bonchev–Trinajstić information content (AvgIpc) is 3.34. The van der Waals surface area contributed by atoms with Gasteiger partial charge in [0.2, 0.25) is 5.91 Å². The second-order valence-corrected chi connectivity index (χ2v) is 12.9. The van der Waals surface area contributed by atoms with Crippen molar-refractivity contribution in [3.8, 4) is 0 Å². The van der Waals surface area contributed by atoms with E-state index < -0.39 is 11.6 Å². The van der Waals surface area contributed by atoms with Crippen molar-refractivity contribution in [2.45, 2.75) is 90.7 Å². The monoisotopic (exact) mass is 579 g/mol. The van der Waals surface area contributed by atoms with Crippen molar-refractivity contribution in [3.05, 3.63) is 53.3 Å². The number of thiazole rings is 1. The Morgan fingerprint density at radius 1 is 1.02 bits per heavy atom. The molecule has 222 valence electrons. The zero-order chi connectivity index (χ0) is 29.2. The fourth-order valence-corrected chi connectivity index (χ4v) is 6.07. The number of anilines is 1. The van der Waals surface area contributed by atoms with Gasteiger partial charge in [-0.3, -0.25) is 9.78 Å². The third kappa shape index (κ3) is 10.1. The summed E-state index contributed by atoms with van der Waals surface area (Å²) in [6, 6.07) is 11.9. The second-order valence-electron chi connectivity index (χ2n) is 11.9. The molecule has 0 spiro atoms. The van der Waals surface area contributed by atoms with Gasteiger partial charge in [0, 0.05) is 37.9 Å². The van der Waals surface area contributed by atoms with Gasteiger partial charge in [0.15, 0.2) is 5.13 Å². The Hall–Kier alpha value is -3.04. The summed E-state index contributed by atoms with van der Waals surface area (Å²) in [6.07, 6.45) is 8.36. The highest BCUT2D eigenvalue weighted by molar-refractivity contribution is 7.22. The number of fused-ring (bicyclic) bond motifs is 2. The van der Waals surface area contributed by atoms with E-state index in [4.69, 9.17) is 9.72 Å². The van der Waals surface area contributed by atoms with Gasteiger partial charge in [-0.15, -0.1) is 0 Å². The molecule has 0 fully saturated rings. The van der Waals surface area contributed by atoms with Gasteiger partial charge in [-0.1, -0.05) is 29.5 Å². The van der Waals surface area contributed by atoms with Crippen molar-refractivity contribution >= 4 is 38.6 Å². The molecule has 0 unspecified atom stereocenters. The number of benzene rings is 1. The summed E-state index contributed by atoms with van der Waals surface area (Å²) in [6.45, 7) is 10.1. The number of pyridine rings is 1. The van der Waals surface area contributed by atoms with E-state index in [2.05, 4.69) is 32.7 Å². The number of unbranched alkanes of at least 4 members (excludes halogenated alkanes) is 1. The van der Waals surface area contributed by atoms with Crippen molar-refractivity contribution in [1.82, 2.24) is 20.2 Å². The van der Waals surface area contributed by atoms with Gasteiger partial charge in [-0.25, -0.2) is 9.78 Å². The van der Waals surface area contributed by atoms with Crippen LogP contribution in [0.25, 0.3) is 10.2 Å². The number of carbonyl (C=O) groups excluding carboxylic acids is 2. The van der Waals surface area contributed by atoms with Gasteiger partial charge in [0.1, 0.15) is 11.6 Å².